The van der Waals surface area contributed by atoms with Crippen molar-refractivity contribution in [2.75, 3.05) is 6.61 Å². The molecule has 4 heteroatoms. The standard InChI is InChI=1S/C30H42O4/c1-4-5-6-7-8-9-10-11-12-13-27-29(32-25-18-14-23(2)15-19-25)30(28(22-31)34-27)33-26-20-16-24(3)17-21-26/h4,14-21,27-31H,1,5-13,22H2,2-3H3/t27-,28+,29+,30+/m0/s1. The Morgan fingerprint density at radius 1 is 0.735 bits per heavy atom. The van der Waals surface area contributed by atoms with E-state index in [0.717, 1.165) is 30.8 Å². The highest BCUT2D eigenvalue weighted by Crippen LogP contribution is 2.32. The fraction of sp³-hybridized carbons (Fsp3) is 0.533. The molecule has 1 saturated heterocycles. The van der Waals surface area contributed by atoms with Crippen LogP contribution in [-0.4, -0.2) is 36.1 Å². The Labute approximate surface area is 205 Å². The zero-order valence-electron chi connectivity index (χ0n) is 21.0. The maximum atomic E-state index is 10.1. The van der Waals surface area contributed by atoms with E-state index < -0.39 is 6.10 Å². The van der Waals surface area contributed by atoms with Gasteiger partial charge in [0.2, 0.25) is 0 Å². The van der Waals surface area contributed by atoms with Crippen molar-refractivity contribution >= 4 is 0 Å². The Morgan fingerprint density at radius 2 is 1.21 bits per heavy atom. The molecule has 4 atom stereocenters. The summed E-state index contributed by atoms with van der Waals surface area (Å²) in [7, 11) is 0. The van der Waals surface area contributed by atoms with E-state index in [-0.39, 0.29) is 24.9 Å². The highest BCUT2D eigenvalue weighted by Gasteiger charge is 2.47. The minimum absolute atomic E-state index is 0.0918. The zero-order chi connectivity index (χ0) is 24.2. The SMILES string of the molecule is C=CCCCCCCCCC[C@@H]1O[C@H](CO)[C@@H](Oc2ccc(C)cc2)[C@@H]1Oc1ccc(C)cc1. The number of ether oxygens (including phenoxy) is 3. The van der Waals surface area contributed by atoms with Gasteiger partial charge in [0.1, 0.15) is 17.6 Å². The summed E-state index contributed by atoms with van der Waals surface area (Å²) in [6, 6.07) is 16.1. The molecule has 2 aromatic rings. The molecule has 0 unspecified atom stereocenters. The number of aliphatic hydroxyl groups excluding tert-OH is 1. The molecule has 1 aliphatic rings. The first-order chi connectivity index (χ1) is 16.6. The van der Waals surface area contributed by atoms with Crippen molar-refractivity contribution in [2.45, 2.75) is 96.1 Å². The number of aliphatic hydroxyl groups is 1. The van der Waals surface area contributed by atoms with Gasteiger partial charge in [0.15, 0.2) is 12.2 Å². The van der Waals surface area contributed by atoms with Crippen LogP contribution in [0.4, 0.5) is 0 Å². The van der Waals surface area contributed by atoms with Gasteiger partial charge in [-0.25, -0.2) is 0 Å². The maximum absolute atomic E-state index is 10.1. The Kier molecular flexibility index (Phi) is 11.0. The molecule has 0 amide bonds. The van der Waals surface area contributed by atoms with Gasteiger partial charge >= 0.3 is 0 Å². The van der Waals surface area contributed by atoms with Crippen LogP contribution in [0, 0.1) is 13.8 Å². The van der Waals surface area contributed by atoms with Gasteiger partial charge in [0.05, 0.1) is 12.7 Å². The molecule has 3 rings (SSSR count). The molecule has 0 bridgehead atoms. The molecule has 1 heterocycles. The topological polar surface area (TPSA) is 47.9 Å². The fourth-order valence-electron chi connectivity index (χ4n) is 4.53. The summed E-state index contributed by atoms with van der Waals surface area (Å²) in [5.41, 5.74) is 2.37. The molecule has 4 nitrogen and oxygen atoms in total. The highest BCUT2D eigenvalue weighted by atomic mass is 16.6. The minimum atomic E-state index is -0.411. The molecule has 0 aliphatic carbocycles. The third-order valence-electron chi connectivity index (χ3n) is 6.57. The molecular formula is C30H42O4. The van der Waals surface area contributed by atoms with Crippen molar-refractivity contribution in [3.05, 3.63) is 72.3 Å². The smallest absolute Gasteiger partial charge is 0.166 e. The van der Waals surface area contributed by atoms with E-state index in [1.165, 1.54) is 49.7 Å². The number of rotatable bonds is 15. The normalized spacial score (nSPS) is 22.0. The van der Waals surface area contributed by atoms with Crippen LogP contribution in [0.2, 0.25) is 0 Å². The van der Waals surface area contributed by atoms with E-state index in [1.54, 1.807) is 0 Å². The van der Waals surface area contributed by atoms with Crippen molar-refractivity contribution in [3.63, 3.8) is 0 Å². The van der Waals surface area contributed by atoms with Crippen LogP contribution in [-0.2, 0) is 4.74 Å². The van der Waals surface area contributed by atoms with Gasteiger partial charge in [0.25, 0.3) is 0 Å². The van der Waals surface area contributed by atoms with E-state index in [1.807, 2.05) is 42.5 Å². The number of hydrogen-bond donors (Lipinski definition) is 1. The van der Waals surface area contributed by atoms with Crippen molar-refractivity contribution in [3.8, 4) is 11.5 Å². The van der Waals surface area contributed by atoms with Gasteiger partial charge in [-0.1, -0.05) is 80.0 Å². The first-order valence-corrected chi connectivity index (χ1v) is 12.9. The summed E-state index contributed by atoms with van der Waals surface area (Å²) in [6.45, 7) is 7.82. The third kappa shape index (κ3) is 8.18. The molecule has 2 aromatic carbocycles. The van der Waals surface area contributed by atoms with E-state index in [9.17, 15) is 5.11 Å². The van der Waals surface area contributed by atoms with Gasteiger partial charge < -0.3 is 19.3 Å². The van der Waals surface area contributed by atoms with Crippen molar-refractivity contribution in [1.82, 2.24) is 0 Å². The zero-order valence-corrected chi connectivity index (χ0v) is 21.0. The summed E-state index contributed by atoms with van der Waals surface area (Å²) in [5.74, 6) is 1.58. The van der Waals surface area contributed by atoms with E-state index >= 15 is 0 Å². The fourth-order valence-corrected chi connectivity index (χ4v) is 4.53. The van der Waals surface area contributed by atoms with Gasteiger partial charge in [-0.05, 0) is 57.4 Å². The van der Waals surface area contributed by atoms with Crippen LogP contribution in [0.5, 0.6) is 11.5 Å². The molecule has 1 aliphatic heterocycles. The predicted molar refractivity (Wildman–Crippen MR) is 139 cm³/mol. The van der Waals surface area contributed by atoms with Crippen molar-refractivity contribution < 1.29 is 19.3 Å². The van der Waals surface area contributed by atoms with Gasteiger partial charge in [-0.3, -0.25) is 0 Å². The number of hydrogen-bond acceptors (Lipinski definition) is 4. The summed E-state index contributed by atoms with van der Waals surface area (Å²) >= 11 is 0. The molecule has 0 saturated carbocycles. The molecule has 1 fully saturated rings. The van der Waals surface area contributed by atoms with Gasteiger partial charge in [0, 0.05) is 0 Å². The number of benzene rings is 2. The van der Waals surface area contributed by atoms with Crippen LogP contribution < -0.4 is 9.47 Å². The Morgan fingerprint density at radius 3 is 1.71 bits per heavy atom. The molecule has 0 radical (unpaired) electrons. The summed E-state index contributed by atoms with van der Waals surface area (Å²) in [6.07, 6.45) is 11.5. The first-order valence-electron chi connectivity index (χ1n) is 12.9. The second-order valence-electron chi connectivity index (χ2n) is 9.53. The second-order valence-corrected chi connectivity index (χ2v) is 9.53. The van der Waals surface area contributed by atoms with Crippen molar-refractivity contribution in [2.24, 2.45) is 0 Å². The first kappa shape index (κ1) is 26.3. The minimum Gasteiger partial charge on any atom is -0.484 e. The lowest BCUT2D eigenvalue weighted by Gasteiger charge is -2.26. The highest BCUT2D eigenvalue weighted by molar-refractivity contribution is 5.28. The second kappa shape index (κ2) is 14.2. The Balaban J connectivity index is 1.60. The third-order valence-corrected chi connectivity index (χ3v) is 6.57. The lowest BCUT2D eigenvalue weighted by atomic mass is 10.0. The lowest BCUT2D eigenvalue weighted by molar-refractivity contribution is -0.0203. The molecule has 1 N–H and O–H groups in total. The van der Waals surface area contributed by atoms with Gasteiger partial charge in [-0.15, -0.1) is 6.58 Å². The maximum Gasteiger partial charge on any atom is 0.166 e. The molecule has 0 aromatic heterocycles. The van der Waals surface area contributed by atoms with Crippen LogP contribution >= 0.6 is 0 Å². The molecule has 34 heavy (non-hydrogen) atoms. The van der Waals surface area contributed by atoms with E-state index in [4.69, 9.17) is 14.2 Å². The predicted octanol–water partition coefficient (Wildman–Crippen LogP) is 6.96. The van der Waals surface area contributed by atoms with Gasteiger partial charge in [-0.2, -0.15) is 0 Å². The average molecular weight is 467 g/mol. The van der Waals surface area contributed by atoms with Crippen molar-refractivity contribution in [1.29, 1.82) is 0 Å². The number of allylic oxidation sites excluding steroid dienone is 1. The van der Waals surface area contributed by atoms with E-state index in [0.29, 0.717) is 0 Å². The quantitative estimate of drug-likeness (QED) is 0.228. The average Bonchev–Trinajstić information content (AvgIpc) is 3.16. The van der Waals surface area contributed by atoms with Crippen LogP contribution in [0.1, 0.15) is 68.9 Å². The lowest BCUT2D eigenvalue weighted by Crippen LogP contribution is -2.43. The molecule has 0 spiro atoms. The molecule has 186 valence electrons. The Bertz CT molecular complexity index is 830. The van der Waals surface area contributed by atoms with Crippen LogP contribution in [0.15, 0.2) is 61.2 Å². The Hall–Kier alpha value is -2.30. The van der Waals surface area contributed by atoms with Crippen LogP contribution in [0.25, 0.3) is 0 Å². The monoisotopic (exact) mass is 466 g/mol. The number of aryl methyl sites for hydroxylation is 2. The summed E-state index contributed by atoms with van der Waals surface area (Å²) in [4.78, 5) is 0. The van der Waals surface area contributed by atoms with E-state index in [2.05, 4.69) is 32.6 Å². The summed E-state index contributed by atoms with van der Waals surface area (Å²) in [5, 5.41) is 10.1. The van der Waals surface area contributed by atoms with Crippen LogP contribution in [0.3, 0.4) is 0 Å². The summed E-state index contributed by atoms with van der Waals surface area (Å²) < 4.78 is 19.1. The molecular weight excluding hydrogens is 424 g/mol. The number of unbranched alkanes of at least 4 members (excludes halogenated alkanes) is 7. The largest absolute Gasteiger partial charge is 0.484 e.